The number of nitrogens with zero attached hydrogens (tertiary/aromatic N) is 5. The first-order valence-corrected chi connectivity index (χ1v) is 12.9. The fourth-order valence-corrected chi connectivity index (χ4v) is 5.00. The van der Waals surface area contributed by atoms with Crippen molar-refractivity contribution in [3.8, 4) is 0 Å². The molecule has 3 heterocycles. The van der Waals surface area contributed by atoms with E-state index < -0.39 is 0 Å². The van der Waals surface area contributed by atoms with E-state index in [9.17, 15) is 9.59 Å². The molecule has 1 amide bonds. The van der Waals surface area contributed by atoms with Crippen molar-refractivity contribution in [3.05, 3.63) is 86.5 Å². The summed E-state index contributed by atoms with van der Waals surface area (Å²) in [6.07, 6.45) is 1.69. The number of carbonyl (C=O) groups is 1. The molecule has 1 aliphatic heterocycles. The lowest BCUT2D eigenvalue weighted by Gasteiger charge is -2.32. The molecule has 1 fully saturated rings. The van der Waals surface area contributed by atoms with Gasteiger partial charge in [-0.3, -0.25) is 9.59 Å². The van der Waals surface area contributed by atoms with E-state index in [0.29, 0.717) is 36.7 Å². The molecule has 192 valence electrons. The van der Waals surface area contributed by atoms with E-state index in [4.69, 9.17) is 4.98 Å². The normalized spacial score (nSPS) is 16.4. The van der Waals surface area contributed by atoms with E-state index >= 15 is 0 Å². The van der Waals surface area contributed by atoms with Gasteiger partial charge in [0, 0.05) is 24.6 Å². The number of hydrogen-bond acceptors (Lipinski definition) is 5. The minimum Gasteiger partial charge on any atom is -0.338 e. The Balaban J connectivity index is 1.40. The lowest BCUT2D eigenvalue weighted by Crippen LogP contribution is -2.40. The summed E-state index contributed by atoms with van der Waals surface area (Å²) >= 11 is 0. The Labute approximate surface area is 216 Å². The summed E-state index contributed by atoms with van der Waals surface area (Å²) in [6.45, 7) is 12.3. The van der Waals surface area contributed by atoms with Crippen molar-refractivity contribution >= 4 is 17.1 Å². The molecular formula is C29H34N6O2. The molecule has 2 aromatic heterocycles. The number of aryl methyl sites for hydroxylation is 2. The second-order valence-electron chi connectivity index (χ2n) is 11.2. The number of fused-ring (bicyclic) bond motifs is 1. The first-order chi connectivity index (χ1) is 17.6. The smallest absolute Gasteiger partial charge is 0.281 e. The van der Waals surface area contributed by atoms with Gasteiger partial charge >= 0.3 is 0 Å². The van der Waals surface area contributed by atoms with Gasteiger partial charge in [-0.05, 0) is 60.9 Å². The average Bonchev–Trinajstić information content (AvgIpc) is 3.28. The highest BCUT2D eigenvalue weighted by atomic mass is 16.2. The molecular weight excluding hydrogens is 464 g/mol. The molecule has 0 saturated carbocycles. The number of carbonyl (C=O) groups excluding carboxylic acids is 1. The lowest BCUT2D eigenvalue weighted by atomic mass is 9.86. The number of aromatic nitrogens is 5. The maximum absolute atomic E-state index is 13.3. The number of hydrogen-bond donors (Lipinski definition) is 1. The van der Waals surface area contributed by atoms with Crippen LogP contribution in [0.1, 0.15) is 78.0 Å². The van der Waals surface area contributed by atoms with Crippen LogP contribution in [0, 0.1) is 13.8 Å². The third-order valence-electron chi connectivity index (χ3n) is 7.31. The molecule has 37 heavy (non-hydrogen) atoms. The summed E-state index contributed by atoms with van der Waals surface area (Å²) in [5, 5.41) is 8.34. The number of amides is 1. The molecule has 4 aromatic rings. The maximum atomic E-state index is 13.3. The molecule has 1 atom stereocenters. The molecule has 2 aromatic carbocycles. The van der Waals surface area contributed by atoms with Gasteiger partial charge in [-0.2, -0.15) is 0 Å². The van der Waals surface area contributed by atoms with Crippen LogP contribution in [0.2, 0.25) is 0 Å². The van der Waals surface area contributed by atoms with Gasteiger partial charge in [0.15, 0.2) is 11.2 Å². The number of benzene rings is 2. The third kappa shape index (κ3) is 5.05. The summed E-state index contributed by atoms with van der Waals surface area (Å²) < 4.78 is 1.69. The Morgan fingerprint density at radius 1 is 1.11 bits per heavy atom. The quantitative estimate of drug-likeness (QED) is 0.447. The molecule has 0 aliphatic carbocycles. The van der Waals surface area contributed by atoms with Gasteiger partial charge < -0.3 is 9.88 Å². The van der Waals surface area contributed by atoms with Gasteiger partial charge in [-0.25, -0.2) is 9.67 Å². The van der Waals surface area contributed by atoms with E-state index in [1.54, 1.807) is 4.68 Å². The van der Waals surface area contributed by atoms with Gasteiger partial charge in [-0.15, -0.1) is 5.10 Å². The van der Waals surface area contributed by atoms with E-state index in [2.05, 4.69) is 68.1 Å². The maximum Gasteiger partial charge on any atom is 0.281 e. The Kier molecular flexibility index (Phi) is 6.43. The Bertz CT molecular complexity index is 1510. The highest BCUT2D eigenvalue weighted by Gasteiger charge is 2.28. The Morgan fingerprint density at radius 2 is 1.86 bits per heavy atom. The molecule has 0 unspecified atom stereocenters. The molecule has 1 aliphatic rings. The van der Waals surface area contributed by atoms with Crippen molar-refractivity contribution in [3.63, 3.8) is 0 Å². The van der Waals surface area contributed by atoms with Crippen molar-refractivity contribution < 1.29 is 4.79 Å². The summed E-state index contributed by atoms with van der Waals surface area (Å²) in [5.74, 6) is 0.533. The van der Waals surface area contributed by atoms with E-state index in [1.165, 1.54) is 5.56 Å². The highest BCUT2D eigenvalue weighted by molar-refractivity contribution is 5.94. The van der Waals surface area contributed by atoms with Gasteiger partial charge in [0.25, 0.3) is 11.5 Å². The molecule has 8 heteroatoms. The summed E-state index contributed by atoms with van der Waals surface area (Å²) in [6, 6.07) is 14.2. The fraction of sp³-hybridized carbons (Fsp3) is 0.414. The van der Waals surface area contributed by atoms with Gasteiger partial charge in [-0.1, -0.05) is 61.9 Å². The monoisotopic (exact) mass is 498 g/mol. The second kappa shape index (κ2) is 9.57. The minimum absolute atomic E-state index is 0.00946. The van der Waals surface area contributed by atoms with Crippen molar-refractivity contribution in [2.75, 3.05) is 13.1 Å². The molecule has 5 rings (SSSR count). The van der Waals surface area contributed by atoms with E-state index in [1.807, 2.05) is 29.2 Å². The fourth-order valence-electron chi connectivity index (χ4n) is 5.00. The molecule has 0 radical (unpaired) electrons. The zero-order valence-corrected chi connectivity index (χ0v) is 22.2. The Morgan fingerprint density at radius 3 is 2.59 bits per heavy atom. The first-order valence-electron chi connectivity index (χ1n) is 12.9. The van der Waals surface area contributed by atoms with Crippen LogP contribution in [0.3, 0.4) is 0 Å². The third-order valence-corrected chi connectivity index (χ3v) is 7.31. The zero-order valence-electron chi connectivity index (χ0n) is 22.2. The van der Waals surface area contributed by atoms with Crippen LogP contribution in [0.4, 0.5) is 0 Å². The van der Waals surface area contributed by atoms with E-state index in [-0.39, 0.29) is 28.3 Å². The van der Waals surface area contributed by atoms with Crippen LogP contribution in [-0.4, -0.2) is 48.9 Å². The van der Waals surface area contributed by atoms with Crippen molar-refractivity contribution in [1.82, 2.24) is 29.9 Å². The van der Waals surface area contributed by atoms with Gasteiger partial charge in [0.05, 0.1) is 6.54 Å². The van der Waals surface area contributed by atoms with Crippen molar-refractivity contribution in [2.45, 2.75) is 65.3 Å². The highest BCUT2D eigenvalue weighted by Crippen LogP contribution is 2.27. The standard InChI is InChI=1S/C29H34N6O2/c1-18-8-9-19(2)22(15-18)17-35-26-24(32-33-35)27(36)31-25(30-26)21-7-6-14-34(16-21)28(37)20-10-12-23(13-11-20)29(3,4)5/h8-13,15,21H,6-7,14,16-17H2,1-5H3,(H,30,31,36)/t21-/m0/s1. The van der Waals surface area contributed by atoms with Crippen molar-refractivity contribution in [2.24, 2.45) is 0 Å². The topological polar surface area (TPSA) is 96.8 Å². The molecule has 1 saturated heterocycles. The Hall–Kier alpha value is -3.81. The van der Waals surface area contributed by atoms with Crippen LogP contribution in [0.15, 0.2) is 47.3 Å². The van der Waals surface area contributed by atoms with Gasteiger partial charge in [0.1, 0.15) is 5.82 Å². The van der Waals surface area contributed by atoms with E-state index in [0.717, 1.165) is 29.5 Å². The van der Waals surface area contributed by atoms with Crippen LogP contribution in [-0.2, 0) is 12.0 Å². The number of rotatable bonds is 4. The summed E-state index contributed by atoms with van der Waals surface area (Å²) in [7, 11) is 0. The molecule has 0 spiro atoms. The molecule has 1 N–H and O–H groups in total. The predicted molar refractivity (Wildman–Crippen MR) is 144 cm³/mol. The largest absolute Gasteiger partial charge is 0.338 e. The molecule has 0 bridgehead atoms. The van der Waals surface area contributed by atoms with Gasteiger partial charge in [0.2, 0.25) is 0 Å². The predicted octanol–water partition coefficient (Wildman–Crippen LogP) is 4.50. The first kappa shape index (κ1) is 24.9. The number of aromatic amines is 1. The summed E-state index contributed by atoms with van der Waals surface area (Å²) in [4.78, 5) is 35.8. The number of H-pyrrole nitrogens is 1. The number of nitrogens with one attached hydrogen (secondary N) is 1. The van der Waals surface area contributed by atoms with Crippen LogP contribution >= 0.6 is 0 Å². The lowest BCUT2D eigenvalue weighted by molar-refractivity contribution is 0.0704. The average molecular weight is 499 g/mol. The second-order valence-corrected chi connectivity index (χ2v) is 11.2. The van der Waals surface area contributed by atoms with Crippen LogP contribution in [0.5, 0.6) is 0 Å². The molecule has 8 nitrogen and oxygen atoms in total. The number of piperidine rings is 1. The van der Waals surface area contributed by atoms with Crippen molar-refractivity contribution in [1.29, 1.82) is 0 Å². The minimum atomic E-state index is -0.298. The summed E-state index contributed by atoms with van der Waals surface area (Å²) in [5.41, 5.74) is 5.75. The zero-order chi connectivity index (χ0) is 26.3. The van der Waals surface area contributed by atoms with Crippen LogP contribution in [0.25, 0.3) is 11.2 Å². The SMILES string of the molecule is Cc1ccc(C)c(Cn2nnc3c(=O)[nH]c([C@H]4CCCN(C(=O)c5ccc(C(C)(C)C)cc5)C4)nc32)c1. The number of likely N-dealkylation sites (tertiary alicyclic amines) is 1. The van der Waals surface area contributed by atoms with Crippen LogP contribution < -0.4 is 5.56 Å².